The van der Waals surface area contributed by atoms with E-state index in [0.717, 1.165) is 13.0 Å². The fraction of sp³-hybridized carbons (Fsp3) is 0.538. The highest BCUT2D eigenvalue weighted by Crippen LogP contribution is 2.49. The van der Waals surface area contributed by atoms with E-state index < -0.39 is 7.14 Å². The van der Waals surface area contributed by atoms with Gasteiger partial charge in [0, 0.05) is 12.2 Å². The lowest BCUT2D eigenvalue weighted by molar-refractivity contribution is 0.511. The molecule has 1 aromatic rings. The molecule has 0 aliphatic carbocycles. The average Bonchev–Trinajstić information content (AvgIpc) is 2.29. The molecule has 2 rings (SSSR count). The number of rotatable bonds is 2. The summed E-state index contributed by atoms with van der Waals surface area (Å²) in [5, 5.41) is 0. The van der Waals surface area contributed by atoms with Gasteiger partial charge < -0.3 is 9.46 Å². The van der Waals surface area contributed by atoms with Crippen LogP contribution in [0.25, 0.3) is 0 Å². The molecule has 3 heteroatoms. The maximum atomic E-state index is 12.3. The third-order valence-corrected chi connectivity index (χ3v) is 5.25. The minimum atomic E-state index is -2.04. The lowest BCUT2D eigenvalue weighted by Crippen LogP contribution is -2.39. The van der Waals surface area contributed by atoms with Crippen molar-refractivity contribution in [3.05, 3.63) is 30.3 Å². The summed E-state index contributed by atoms with van der Waals surface area (Å²) in [5.41, 5.74) is 1.22. The Hall–Kier alpha value is -0.750. The number of hydrogen-bond donors (Lipinski definition) is 0. The largest absolute Gasteiger partial charge is 0.362 e. The van der Waals surface area contributed by atoms with Gasteiger partial charge >= 0.3 is 0 Å². The molecule has 0 spiro atoms. The van der Waals surface area contributed by atoms with E-state index in [1.807, 2.05) is 19.4 Å². The molecule has 2 nitrogen and oxygen atoms in total. The number of hydrogen-bond acceptors (Lipinski definition) is 2. The first-order chi connectivity index (χ1) is 7.59. The second kappa shape index (κ2) is 4.63. The molecule has 0 aromatic heterocycles. The van der Waals surface area contributed by atoms with E-state index in [0.29, 0.717) is 0 Å². The van der Waals surface area contributed by atoms with Crippen LogP contribution in [0.5, 0.6) is 0 Å². The van der Waals surface area contributed by atoms with Crippen LogP contribution in [-0.4, -0.2) is 25.7 Å². The molecule has 0 bridgehead atoms. The number of anilines is 1. The summed E-state index contributed by atoms with van der Waals surface area (Å²) in [4.78, 5) is 2.34. The monoisotopic (exact) mass is 237 g/mol. The number of piperidine rings is 1. The molecule has 1 unspecified atom stereocenters. The Morgan fingerprint density at radius 1 is 1.19 bits per heavy atom. The first kappa shape index (κ1) is 11.7. The third-order valence-electron chi connectivity index (χ3n) is 3.28. The standard InChI is InChI=1S/C13H20NOP/c1-16(2,15)13-10-6-7-11-14(13)12-8-4-3-5-9-12/h3-5,8-9,13H,6-7,10-11H2,1-2H3. The minimum Gasteiger partial charge on any atom is -0.362 e. The van der Waals surface area contributed by atoms with Crippen LogP contribution >= 0.6 is 7.14 Å². The highest BCUT2D eigenvalue weighted by molar-refractivity contribution is 7.63. The molecule has 0 saturated carbocycles. The summed E-state index contributed by atoms with van der Waals surface area (Å²) < 4.78 is 12.3. The highest BCUT2D eigenvalue weighted by Gasteiger charge is 2.31. The molecular weight excluding hydrogens is 217 g/mol. The summed E-state index contributed by atoms with van der Waals surface area (Å²) in [6.45, 7) is 4.87. The Morgan fingerprint density at radius 2 is 1.88 bits per heavy atom. The second-order valence-electron chi connectivity index (χ2n) is 4.94. The molecule has 0 amide bonds. The molecule has 0 radical (unpaired) electrons. The van der Waals surface area contributed by atoms with Crippen molar-refractivity contribution < 1.29 is 4.57 Å². The third kappa shape index (κ3) is 2.49. The van der Waals surface area contributed by atoms with Gasteiger partial charge in [-0.05, 0) is 44.7 Å². The molecule has 1 aliphatic rings. The van der Waals surface area contributed by atoms with Gasteiger partial charge in [0.25, 0.3) is 0 Å². The smallest absolute Gasteiger partial charge is 0.103 e. The lowest BCUT2D eigenvalue weighted by atomic mass is 10.1. The van der Waals surface area contributed by atoms with Crippen molar-refractivity contribution in [3.8, 4) is 0 Å². The first-order valence-corrected chi connectivity index (χ1v) is 8.62. The van der Waals surface area contributed by atoms with Crippen LogP contribution < -0.4 is 4.90 Å². The topological polar surface area (TPSA) is 20.3 Å². The van der Waals surface area contributed by atoms with Gasteiger partial charge in [0.05, 0.1) is 5.78 Å². The summed E-state index contributed by atoms with van der Waals surface area (Å²) in [6.07, 6.45) is 3.49. The van der Waals surface area contributed by atoms with Crippen molar-refractivity contribution in [2.24, 2.45) is 0 Å². The molecule has 1 saturated heterocycles. The molecule has 0 N–H and O–H groups in total. The molecule has 1 aliphatic heterocycles. The van der Waals surface area contributed by atoms with Crippen molar-refractivity contribution in [1.82, 2.24) is 0 Å². The second-order valence-corrected chi connectivity index (χ2v) is 8.40. The molecule has 1 atom stereocenters. The predicted octanol–water partition coefficient (Wildman–Crippen LogP) is 3.63. The Labute approximate surface area is 98.0 Å². The Morgan fingerprint density at radius 3 is 2.50 bits per heavy atom. The number of benzene rings is 1. The highest BCUT2D eigenvalue weighted by atomic mass is 31.2. The first-order valence-electron chi connectivity index (χ1n) is 5.95. The van der Waals surface area contributed by atoms with Gasteiger partial charge in [-0.25, -0.2) is 0 Å². The van der Waals surface area contributed by atoms with E-state index in [2.05, 4.69) is 29.2 Å². The van der Waals surface area contributed by atoms with Gasteiger partial charge in [-0.1, -0.05) is 18.2 Å². The van der Waals surface area contributed by atoms with Crippen molar-refractivity contribution in [3.63, 3.8) is 0 Å². The quantitative estimate of drug-likeness (QED) is 0.732. The molecule has 1 heterocycles. The van der Waals surface area contributed by atoms with Gasteiger partial charge in [-0.3, -0.25) is 0 Å². The van der Waals surface area contributed by atoms with E-state index in [-0.39, 0.29) is 5.78 Å². The Balaban J connectivity index is 2.27. The molecular formula is C13H20NOP. The fourth-order valence-electron chi connectivity index (χ4n) is 2.48. The van der Waals surface area contributed by atoms with E-state index in [4.69, 9.17) is 0 Å². The number of nitrogens with zero attached hydrogens (tertiary/aromatic N) is 1. The maximum absolute atomic E-state index is 12.3. The Kier molecular flexibility index (Phi) is 3.39. The van der Waals surface area contributed by atoms with Crippen molar-refractivity contribution in [1.29, 1.82) is 0 Å². The zero-order valence-corrected chi connectivity index (χ0v) is 11.0. The van der Waals surface area contributed by atoms with E-state index in [1.165, 1.54) is 18.5 Å². The Bertz CT molecular complexity index is 384. The van der Waals surface area contributed by atoms with Crippen LogP contribution in [0.3, 0.4) is 0 Å². The molecule has 88 valence electrons. The van der Waals surface area contributed by atoms with Gasteiger partial charge in [0.15, 0.2) is 0 Å². The van der Waals surface area contributed by atoms with Crippen molar-refractivity contribution >= 4 is 12.8 Å². The zero-order valence-electron chi connectivity index (χ0n) is 10.1. The summed E-state index contributed by atoms with van der Waals surface area (Å²) in [5.74, 6) is 0.239. The SMILES string of the molecule is CP(C)(=O)C1CCCCN1c1ccccc1. The van der Waals surface area contributed by atoms with Crippen molar-refractivity contribution in [2.75, 3.05) is 24.8 Å². The van der Waals surface area contributed by atoms with E-state index in [1.54, 1.807) is 0 Å². The van der Waals surface area contributed by atoms with Gasteiger partial charge in [0.1, 0.15) is 7.14 Å². The number of para-hydroxylation sites is 1. The average molecular weight is 237 g/mol. The summed E-state index contributed by atoms with van der Waals surface area (Å²) in [7, 11) is -2.04. The molecule has 16 heavy (non-hydrogen) atoms. The van der Waals surface area contributed by atoms with Gasteiger partial charge in [-0.2, -0.15) is 0 Å². The molecule has 1 fully saturated rings. The van der Waals surface area contributed by atoms with Crippen LogP contribution in [-0.2, 0) is 4.57 Å². The van der Waals surface area contributed by atoms with Crippen molar-refractivity contribution in [2.45, 2.75) is 25.0 Å². The molecule has 1 aromatic carbocycles. The lowest BCUT2D eigenvalue weighted by Gasteiger charge is -2.39. The van der Waals surface area contributed by atoms with Crippen LogP contribution in [0.1, 0.15) is 19.3 Å². The van der Waals surface area contributed by atoms with Gasteiger partial charge in [-0.15, -0.1) is 0 Å². The van der Waals surface area contributed by atoms with Crippen LogP contribution in [0.4, 0.5) is 5.69 Å². The van der Waals surface area contributed by atoms with E-state index >= 15 is 0 Å². The van der Waals surface area contributed by atoms with Crippen LogP contribution in [0.2, 0.25) is 0 Å². The summed E-state index contributed by atoms with van der Waals surface area (Å²) in [6, 6.07) is 10.4. The van der Waals surface area contributed by atoms with E-state index in [9.17, 15) is 4.57 Å². The normalized spacial score (nSPS) is 22.1. The van der Waals surface area contributed by atoms with Gasteiger partial charge in [0.2, 0.25) is 0 Å². The predicted molar refractivity (Wildman–Crippen MR) is 70.9 cm³/mol. The zero-order chi connectivity index (χ0) is 11.6. The van der Waals surface area contributed by atoms with Crippen LogP contribution in [0, 0.1) is 0 Å². The fourth-order valence-corrected chi connectivity index (χ4v) is 4.21. The van der Waals surface area contributed by atoms with Crippen LogP contribution in [0.15, 0.2) is 30.3 Å². The maximum Gasteiger partial charge on any atom is 0.103 e. The minimum absolute atomic E-state index is 0.239. The summed E-state index contributed by atoms with van der Waals surface area (Å²) >= 11 is 0.